The van der Waals surface area contributed by atoms with E-state index in [2.05, 4.69) is 33.0 Å². The van der Waals surface area contributed by atoms with Crippen molar-refractivity contribution in [1.82, 2.24) is 10.2 Å². The summed E-state index contributed by atoms with van der Waals surface area (Å²) in [5, 5.41) is 3.06. The van der Waals surface area contributed by atoms with Crippen LogP contribution in [0.5, 0.6) is 0 Å². The first-order valence-electron chi connectivity index (χ1n) is 8.08. The second-order valence-corrected chi connectivity index (χ2v) is 8.25. The van der Waals surface area contributed by atoms with Gasteiger partial charge in [-0.05, 0) is 32.1 Å². The summed E-state index contributed by atoms with van der Waals surface area (Å²) in [5.74, 6) is 1.52. The zero-order valence-corrected chi connectivity index (χ0v) is 15.5. The molecule has 126 valence electrons. The van der Waals surface area contributed by atoms with Crippen molar-refractivity contribution in [1.29, 1.82) is 0 Å². The number of hydrogen-bond donors (Lipinski definition) is 1. The van der Waals surface area contributed by atoms with Crippen molar-refractivity contribution >= 4 is 23.6 Å². The maximum absolute atomic E-state index is 12.6. The highest BCUT2D eigenvalue weighted by atomic mass is 32.2. The van der Waals surface area contributed by atoms with Crippen molar-refractivity contribution < 1.29 is 9.59 Å². The molecule has 1 rings (SSSR count). The molecule has 0 aliphatic carbocycles. The van der Waals surface area contributed by atoms with Crippen LogP contribution in [0.25, 0.3) is 0 Å². The van der Waals surface area contributed by atoms with Gasteiger partial charge in [-0.2, -0.15) is 0 Å². The maximum atomic E-state index is 12.6. The summed E-state index contributed by atoms with van der Waals surface area (Å²) in [6.45, 7) is 12.9. The molecule has 1 aliphatic heterocycles. The average Bonchev–Trinajstić information content (AvgIpc) is 2.77. The van der Waals surface area contributed by atoms with Crippen molar-refractivity contribution in [2.75, 3.05) is 12.3 Å². The Labute approximate surface area is 139 Å². The SMILES string of the molecule is CC(C)=CC(=O)N1C(CC(C)C)SCC1C(=O)NCC(C)C. The maximum Gasteiger partial charge on any atom is 0.248 e. The van der Waals surface area contributed by atoms with Gasteiger partial charge in [-0.3, -0.25) is 9.59 Å². The van der Waals surface area contributed by atoms with Crippen LogP contribution in [0.2, 0.25) is 0 Å². The van der Waals surface area contributed by atoms with Crippen molar-refractivity contribution in [3.05, 3.63) is 11.6 Å². The molecular formula is C17H30N2O2S. The average molecular weight is 327 g/mol. The highest BCUT2D eigenvalue weighted by Crippen LogP contribution is 2.33. The van der Waals surface area contributed by atoms with Gasteiger partial charge < -0.3 is 10.2 Å². The van der Waals surface area contributed by atoms with E-state index in [9.17, 15) is 9.59 Å². The third-order valence-electron chi connectivity index (χ3n) is 3.42. The first kappa shape index (κ1) is 19.1. The fraction of sp³-hybridized carbons (Fsp3) is 0.765. The molecule has 1 fully saturated rings. The Bertz CT molecular complexity index is 428. The highest BCUT2D eigenvalue weighted by molar-refractivity contribution is 8.00. The first-order chi connectivity index (χ1) is 10.2. The quantitative estimate of drug-likeness (QED) is 0.763. The highest BCUT2D eigenvalue weighted by Gasteiger charge is 2.40. The Balaban J connectivity index is 2.88. The number of nitrogens with zero attached hydrogens (tertiary/aromatic N) is 1. The van der Waals surface area contributed by atoms with Gasteiger partial charge in [0, 0.05) is 18.4 Å². The molecule has 0 saturated carbocycles. The van der Waals surface area contributed by atoms with E-state index in [1.807, 2.05) is 13.8 Å². The van der Waals surface area contributed by atoms with Crippen LogP contribution in [0.3, 0.4) is 0 Å². The van der Waals surface area contributed by atoms with Crippen LogP contribution in [-0.4, -0.2) is 40.4 Å². The number of carbonyl (C=O) groups excluding carboxylic acids is 2. The fourth-order valence-corrected chi connectivity index (χ4v) is 4.04. The van der Waals surface area contributed by atoms with Crippen LogP contribution in [0.15, 0.2) is 11.6 Å². The minimum absolute atomic E-state index is 0.0250. The zero-order chi connectivity index (χ0) is 16.9. The van der Waals surface area contributed by atoms with E-state index in [0.29, 0.717) is 24.1 Å². The second kappa shape index (κ2) is 8.61. The minimum atomic E-state index is -0.351. The predicted molar refractivity (Wildman–Crippen MR) is 93.6 cm³/mol. The Hall–Kier alpha value is -0.970. The molecule has 1 aliphatic rings. The third-order valence-corrected chi connectivity index (χ3v) is 4.73. The van der Waals surface area contributed by atoms with Gasteiger partial charge in [0.05, 0.1) is 5.37 Å². The number of thioether (sulfide) groups is 1. The van der Waals surface area contributed by atoms with Crippen LogP contribution in [0.1, 0.15) is 48.0 Å². The van der Waals surface area contributed by atoms with E-state index in [4.69, 9.17) is 0 Å². The number of carbonyl (C=O) groups is 2. The van der Waals surface area contributed by atoms with E-state index in [1.165, 1.54) is 0 Å². The largest absolute Gasteiger partial charge is 0.354 e. The molecule has 1 saturated heterocycles. The molecule has 1 heterocycles. The number of rotatable bonds is 6. The summed E-state index contributed by atoms with van der Waals surface area (Å²) < 4.78 is 0. The standard InChI is InChI=1S/C17H30N2O2S/c1-11(2)7-15(20)19-14(17(21)18-9-13(5)6)10-22-16(19)8-12(3)4/h7,12-14,16H,8-10H2,1-6H3,(H,18,21). The molecule has 0 aromatic rings. The van der Waals surface area contributed by atoms with Crippen LogP contribution in [0.4, 0.5) is 0 Å². The molecule has 2 atom stereocenters. The van der Waals surface area contributed by atoms with E-state index in [0.717, 1.165) is 12.0 Å². The molecule has 0 radical (unpaired) electrons. The minimum Gasteiger partial charge on any atom is -0.354 e. The van der Waals surface area contributed by atoms with E-state index >= 15 is 0 Å². The van der Waals surface area contributed by atoms with Crippen molar-refractivity contribution in [2.45, 2.75) is 59.4 Å². The number of hydrogen-bond acceptors (Lipinski definition) is 3. The molecule has 2 unspecified atom stereocenters. The smallest absolute Gasteiger partial charge is 0.248 e. The van der Waals surface area contributed by atoms with Crippen molar-refractivity contribution in [3.63, 3.8) is 0 Å². The van der Waals surface area contributed by atoms with Crippen LogP contribution < -0.4 is 5.32 Å². The van der Waals surface area contributed by atoms with Gasteiger partial charge in [-0.15, -0.1) is 11.8 Å². The Morgan fingerprint density at radius 3 is 2.36 bits per heavy atom. The lowest BCUT2D eigenvalue weighted by atomic mass is 10.1. The van der Waals surface area contributed by atoms with Crippen LogP contribution in [0, 0.1) is 11.8 Å². The summed E-state index contributed by atoms with van der Waals surface area (Å²) in [6.07, 6.45) is 2.56. The number of nitrogens with one attached hydrogen (secondary N) is 1. The summed E-state index contributed by atoms with van der Waals surface area (Å²) in [7, 11) is 0. The summed E-state index contributed by atoms with van der Waals surface area (Å²) in [6, 6.07) is -0.351. The first-order valence-corrected chi connectivity index (χ1v) is 9.13. The molecule has 1 N–H and O–H groups in total. The Morgan fingerprint density at radius 1 is 1.23 bits per heavy atom. The van der Waals surface area contributed by atoms with Gasteiger partial charge in [-0.1, -0.05) is 33.3 Å². The lowest BCUT2D eigenvalue weighted by Gasteiger charge is -2.29. The molecule has 2 amide bonds. The third kappa shape index (κ3) is 5.67. The topological polar surface area (TPSA) is 49.4 Å². The van der Waals surface area contributed by atoms with Gasteiger partial charge in [-0.25, -0.2) is 0 Å². The summed E-state index contributed by atoms with van der Waals surface area (Å²) in [4.78, 5) is 26.8. The lowest BCUT2D eigenvalue weighted by molar-refractivity contribution is -0.136. The van der Waals surface area contributed by atoms with E-state index < -0.39 is 0 Å². The summed E-state index contributed by atoms with van der Waals surface area (Å²) in [5.41, 5.74) is 0.964. The van der Waals surface area contributed by atoms with Crippen molar-refractivity contribution in [3.8, 4) is 0 Å². The Kier molecular flexibility index (Phi) is 7.46. The molecule has 5 heteroatoms. The molecule has 0 aromatic carbocycles. The van der Waals surface area contributed by atoms with Gasteiger partial charge in [0.1, 0.15) is 6.04 Å². The molecular weight excluding hydrogens is 296 g/mol. The summed E-state index contributed by atoms with van der Waals surface area (Å²) >= 11 is 1.72. The van der Waals surface area contributed by atoms with Gasteiger partial charge in [0.2, 0.25) is 11.8 Å². The molecule has 4 nitrogen and oxygen atoms in total. The molecule has 0 bridgehead atoms. The monoisotopic (exact) mass is 326 g/mol. The van der Waals surface area contributed by atoms with Crippen LogP contribution in [-0.2, 0) is 9.59 Å². The van der Waals surface area contributed by atoms with Crippen LogP contribution >= 0.6 is 11.8 Å². The van der Waals surface area contributed by atoms with Gasteiger partial charge in [0.15, 0.2) is 0 Å². The van der Waals surface area contributed by atoms with E-state index in [1.54, 1.807) is 22.7 Å². The van der Waals surface area contributed by atoms with Gasteiger partial charge >= 0.3 is 0 Å². The van der Waals surface area contributed by atoms with E-state index in [-0.39, 0.29) is 23.2 Å². The normalized spacial score (nSPS) is 21.4. The fourth-order valence-electron chi connectivity index (χ4n) is 2.39. The van der Waals surface area contributed by atoms with Crippen molar-refractivity contribution in [2.24, 2.45) is 11.8 Å². The molecule has 22 heavy (non-hydrogen) atoms. The predicted octanol–water partition coefficient (Wildman–Crippen LogP) is 3.04. The lowest BCUT2D eigenvalue weighted by Crippen LogP contribution is -2.50. The Morgan fingerprint density at radius 2 is 1.86 bits per heavy atom. The van der Waals surface area contributed by atoms with Gasteiger partial charge in [0.25, 0.3) is 0 Å². The second-order valence-electron chi connectivity index (χ2n) is 7.04. The molecule has 0 spiro atoms. The zero-order valence-electron chi connectivity index (χ0n) is 14.7. The molecule has 0 aromatic heterocycles. The number of allylic oxidation sites excluding steroid dienone is 1. The number of amides is 2.